The first-order valence-corrected chi connectivity index (χ1v) is 7.24. The number of hydrogen-bond donors (Lipinski definition) is 1. The lowest BCUT2D eigenvalue weighted by Crippen LogP contribution is -2.49. The van der Waals surface area contributed by atoms with Crippen molar-refractivity contribution in [3.63, 3.8) is 0 Å². The molecule has 1 aromatic carbocycles. The Morgan fingerprint density at radius 1 is 1.36 bits per heavy atom. The smallest absolute Gasteiger partial charge is 0.259 e. The van der Waals surface area contributed by atoms with E-state index in [0.717, 1.165) is 0 Å². The summed E-state index contributed by atoms with van der Waals surface area (Å²) in [7, 11) is 0. The molecule has 2 atom stereocenters. The predicted molar refractivity (Wildman–Crippen MR) is 77.1 cm³/mol. The molecule has 3 rings (SSSR count). The number of aromatic nitrogens is 3. The minimum absolute atomic E-state index is 0.0698. The number of halogens is 1. The predicted octanol–water partition coefficient (Wildman–Crippen LogP) is 1.39. The van der Waals surface area contributed by atoms with Crippen LogP contribution in [0.5, 0.6) is 0 Å². The molecule has 1 aliphatic heterocycles. The van der Waals surface area contributed by atoms with Gasteiger partial charge in [0.15, 0.2) is 0 Å². The van der Waals surface area contributed by atoms with Crippen LogP contribution >= 0.6 is 0 Å². The van der Waals surface area contributed by atoms with Crippen molar-refractivity contribution in [3.8, 4) is 5.69 Å². The Kier molecular flexibility index (Phi) is 3.89. The number of carbonyl (C=O) groups excluding carboxylic acids is 1. The van der Waals surface area contributed by atoms with Crippen LogP contribution in [0.2, 0.25) is 0 Å². The molecule has 1 fully saturated rings. The molecule has 116 valence electrons. The molecule has 1 N–H and O–H groups in total. The number of aliphatic hydroxyl groups is 1. The van der Waals surface area contributed by atoms with Crippen molar-refractivity contribution in [2.75, 3.05) is 6.54 Å². The number of benzene rings is 1. The first kappa shape index (κ1) is 14.6. The molecule has 2 heterocycles. The highest BCUT2D eigenvalue weighted by atomic mass is 19.1. The number of piperidine rings is 1. The third-order valence-corrected chi connectivity index (χ3v) is 4.05. The van der Waals surface area contributed by atoms with Gasteiger partial charge in [-0.2, -0.15) is 15.0 Å². The maximum absolute atomic E-state index is 14.3. The van der Waals surface area contributed by atoms with Crippen LogP contribution in [-0.4, -0.2) is 49.6 Å². The molecule has 0 spiro atoms. The summed E-state index contributed by atoms with van der Waals surface area (Å²) in [6, 6.07) is 4.01. The van der Waals surface area contributed by atoms with Gasteiger partial charge in [-0.25, -0.2) is 4.39 Å². The average Bonchev–Trinajstić information content (AvgIpc) is 3.03. The van der Waals surface area contributed by atoms with Crippen molar-refractivity contribution in [2.45, 2.75) is 31.9 Å². The van der Waals surface area contributed by atoms with E-state index in [9.17, 15) is 14.3 Å². The summed E-state index contributed by atoms with van der Waals surface area (Å²) >= 11 is 0. The zero-order chi connectivity index (χ0) is 15.7. The van der Waals surface area contributed by atoms with E-state index in [2.05, 4.69) is 10.2 Å². The summed E-state index contributed by atoms with van der Waals surface area (Å²) < 4.78 is 14.3. The Labute approximate surface area is 127 Å². The van der Waals surface area contributed by atoms with Gasteiger partial charge in [-0.3, -0.25) is 4.79 Å². The van der Waals surface area contributed by atoms with Crippen LogP contribution in [0.15, 0.2) is 30.6 Å². The average molecular weight is 304 g/mol. The molecule has 2 aromatic rings. The third kappa shape index (κ3) is 2.48. The maximum Gasteiger partial charge on any atom is 0.259 e. The van der Waals surface area contributed by atoms with E-state index in [4.69, 9.17) is 0 Å². The summed E-state index contributed by atoms with van der Waals surface area (Å²) in [4.78, 5) is 15.5. The summed E-state index contributed by atoms with van der Waals surface area (Å²) in [6.07, 6.45) is 3.69. The maximum atomic E-state index is 14.3. The highest BCUT2D eigenvalue weighted by Gasteiger charge is 2.33. The van der Waals surface area contributed by atoms with Gasteiger partial charge in [0, 0.05) is 6.54 Å². The lowest BCUT2D eigenvalue weighted by molar-refractivity contribution is 0.0177. The first-order chi connectivity index (χ1) is 10.6. The molecule has 1 aromatic heterocycles. The van der Waals surface area contributed by atoms with E-state index < -0.39 is 17.8 Å². The fourth-order valence-corrected chi connectivity index (χ4v) is 2.78. The Morgan fingerprint density at radius 3 is 2.82 bits per heavy atom. The molecule has 1 saturated heterocycles. The van der Waals surface area contributed by atoms with E-state index in [0.29, 0.717) is 25.1 Å². The molecular weight excluding hydrogens is 287 g/mol. The number of amides is 1. The Hall–Kier alpha value is -2.28. The fraction of sp³-hybridized carbons (Fsp3) is 0.400. The lowest BCUT2D eigenvalue weighted by Gasteiger charge is -2.37. The Bertz CT molecular complexity index is 674. The van der Waals surface area contributed by atoms with Crippen LogP contribution in [0.4, 0.5) is 4.39 Å². The van der Waals surface area contributed by atoms with Gasteiger partial charge in [0.2, 0.25) is 0 Å². The number of rotatable bonds is 2. The van der Waals surface area contributed by atoms with Crippen LogP contribution in [0.3, 0.4) is 0 Å². The van der Waals surface area contributed by atoms with Gasteiger partial charge in [0.05, 0.1) is 24.5 Å². The van der Waals surface area contributed by atoms with E-state index in [1.165, 1.54) is 34.2 Å². The molecule has 0 saturated carbocycles. The van der Waals surface area contributed by atoms with E-state index in [-0.39, 0.29) is 11.6 Å². The van der Waals surface area contributed by atoms with Crippen LogP contribution in [0.25, 0.3) is 5.69 Å². The van der Waals surface area contributed by atoms with Gasteiger partial charge in [-0.15, -0.1) is 0 Å². The normalized spacial score (nSPS) is 21.9. The SMILES string of the molecule is C[C@H]1[C@H](O)CCCN1C(=O)c1c(F)cccc1-n1nccn1. The van der Waals surface area contributed by atoms with Gasteiger partial charge < -0.3 is 10.0 Å². The summed E-state index contributed by atoms with van der Waals surface area (Å²) in [5.41, 5.74) is 0.224. The van der Waals surface area contributed by atoms with Crippen LogP contribution in [-0.2, 0) is 0 Å². The molecule has 0 unspecified atom stereocenters. The van der Waals surface area contributed by atoms with Gasteiger partial charge >= 0.3 is 0 Å². The van der Waals surface area contributed by atoms with Gasteiger partial charge in [-0.1, -0.05) is 6.07 Å². The quantitative estimate of drug-likeness (QED) is 0.910. The molecule has 1 amide bonds. The van der Waals surface area contributed by atoms with Gasteiger partial charge in [-0.05, 0) is 31.9 Å². The molecule has 6 nitrogen and oxygen atoms in total. The number of carbonyl (C=O) groups is 1. The molecule has 0 bridgehead atoms. The minimum atomic E-state index is -0.618. The van der Waals surface area contributed by atoms with Gasteiger partial charge in [0.1, 0.15) is 17.1 Å². The van der Waals surface area contributed by atoms with Crippen molar-refractivity contribution < 1.29 is 14.3 Å². The third-order valence-electron chi connectivity index (χ3n) is 4.05. The summed E-state index contributed by atoms with van der Waals surface area (Å²) in [5.74, 6) is -1.07. The summed E-state index contributed by atoms with van der Waals surface area (Å²) in [5, 5.41) is 17.9. The standard InChI is InChI=1S/C15H17FN4O2/c1-10-13(21)6-3-9-19(10)15(22)14-11(16)4-2-5-12(14)20-17-7-8-18-20/h2,4-5,7-8,10,13,21H,3,6,9H2,1H3/t10-,13+/m0/s1. The van der Waals surface area contributed by atoms with Gasteiger partial charge in [0.25, 0.3) is 5.91 Å². The topological polar surface area (TPSA) is 71.2 Å². The zero-order valence-corrected chi connectivity index (χ0v) is 12.2. The number of hydrogen-bond acceptors (Lipinski definition) is 4. The highest BCUT2D eigenvalue weighted by molar-refractivity contribution is 5.98. The molecular formula is C15H17FN4O2. The van der Waals surface area contributed by atoms with Crippen LogP contribution < -0.4 is 0 Å². The molecule has 1 aliphatic rings. The lowest BCUT2D eigenvalue weighted by atomic mass is 9.98. The van der Waals surface area contributed by atoms with Crippen LogP contribution in [0.1, 0.15) is 30.1 Å². The second-order valence-corrected chi connectivity index (χ2v) is 5.40. The second-order valence-electron chi connectivity index (χ2n) is 5.40. The minimum Gasteiger partial charge on any atom is -0.391 e. The van der Waals surface area contributed by atoms with Crippen molar-refractivity contribution in [1.29, 1.82) is 0 Å². The fourth-order valence-electron chi connectivity index (χ4n) is 2.78. The Balaban J connectivity index is 2.02. The van der Waals surface area contributed by atoms with Crippen molar-refractivity contribution in [1.82, 2.24) is 19.9 Å². The van der Waals surface area contributed by atoms with E-state index in [1.807, 2.05) is 0 Å². The Morgan fingerprint density at radius 2 is 2.09 bits per heavy atom. The number of likely N-dealkylation sites (tertiary alicyclic amines) is 1. The second kappa shape index (κ2) is 5.84. The highest BCUT2D eigenvalue weighted by Crippen LogP contribution is 2.24. The van der Waals surface area contributed by atoms with E-state index in [1.54, 1.807) is 13.0 Å². The molecule has 0 aliphatic carbocycles. The molecule has 0 radical (unpaired) electrons. The van der Waals surface area contributed by atoms with Crippen molar-refractivity contribution in [3.05, 3.63) is 42.0 Å². The number of nitrogens with zero attached hydrogens (tertiary/aromatic N) is 4. The zero-order valence-electron chi connectivity index (χ0n) is 12.2. The van der Waals surface area contributed by atoms with E-state index >= 15 is 0 Å². The first-order valence-electron chi connectivity index (χ1n) is 7.24. The molecule has 7 heteroatoms. The van der Waals surface area contributed by atoms with Crippen molar-refractivity contribution in [2.24, 2.45) is 0 Å². The monoisotopic (exact) mass is 304 g/mol. The van der Waals surface area contributed by atoms with Crippen molar-refractivity contribution >= 4 is 5.91 Å². The number of aliphatic hydroxyl groups excluding tert-OH is 1. The summed E-state index contributed by atoms with van der Waals surface area (Å²) in [6.45, 7) is 2.27. The largest absolute Gasteiger partial charge is 0.391 e. The van der Waals surface area contributed by atoms with Crippen LogP contribution in [0, 0.1) is 5.82 Å². The molecule has 22 heavy (non-hydrogen) atoms.